The monoisotopic (exact) mass is 840 g/mol. The maximum Gasteiger partial charge on any atom is 0.435 e. The number of benzene rings is 2. The van der Waals surface area contributed by atoms with Gasteiger partial charge < -0.3 is 19.7 Å². The summed E-state index contributed by atoms with van der Waals surface area (Å²) < 4.78 is 165. The highest BCUT2D eigenvalue weighted by Gasteiger charge is 2.85. The molecule has 4 aromatic rings. The number of anilines is 1. The summed E-state index contributed by atoms with van der Waals surface area (Å²) in [5, 5.41) is 4.85. The molecule has 0 spiro atoms. The normalized spacial score (nSPS) is 26.0. The number of nitrogens with one attached hydrogen (secondary N) is 1. The van der Waals surface area contributed by atoms with E-state index in [1.807, 2.05) is 0 Å². The van der Waals surface area contributed by atoms with E-state index >= 15 is 8.78 Å². The van der Waals surface area contributed by atoms with Crippen LogP contribution in [0.3, 0.4) is 0 Å². The van der Waals surface area contributed by atoms with Crippen molar-refractivity contribution in [2.24, 2.45) is 0 Å². The van der Waals surface area contributed by atoms with Gasteiger partial charge in [-0.2, -0.15) is 49.5 Å². The predicted octanol–water partition coefficient (Wildman–Crippen LogP) is 8.18. The number of ether oxygens (including phenoxy) is 2. The number of fused-ring (bicyclic) bond motifs is 7. The Morgan fingerprint density at radius 3 is 2.37 bits per heavy atom. The number of hydrogen-bond donors (Lipinski definition) is 1. The lowest BCUT2D eigenvalue weighted by molar-refractivity contribution is -0.458. The van der Waals surface area contributed by atoms with Gasteiger partial charge in [-0.15, -0.1) is 6.42 Å². The van der Waals surface area contributed by atoms with Crippen LogP contribution in [0.1, 0.15) is 56.2 Å². The first-order valence-electron chi connectivity index (χ1n) is 19.2. The molecule has 0 unspecified atom stereocenters. The molecule has 7 heterocycles. The zero-order chi connectivity index (χ0) is 41.9. The number of terminal acetylenes is 1. The number of hydrogen-bond acceptors (Lipinski definition) is 8. The van der Waals surface area contributed by atoms with Crippen LogP contribution in [0.4, 0.5) is 54.1 Å². The summed E-state index contributed by atoms with van der Waals surface area (Å²) in [6.45, 7) is -1.08. The summed E-state index contributed by atoms with van der Waals surface area (Å²) in [4.78, 5) is 17.8. The van der Waals surface area contributed by atoms with Gasteiger partial charge in [-0.1, -0.05) is 30.2 Å². The molecular formula is C40H35F11N6O2. The van der Waals surface area contributed by atoms with E-state index in [1.54, 1.807) is 18.2 Å². The Kier molecular flexibility index (Phi) is 9.29. The Hall–Kier alpha value is -4.54. The molecule has 2 aromatic heterocycles. The minimum absolute atomic E-state index is 0.0585. The lowest BCUT2D eigenvalue weighted by atomic mass is 9.95. The van der Waals surface area contributed by atoms with E-state index < -0.39 is 54.0 Å². The molecule has 2 bridgehead atoms. The zero-order valence-electron chi connectivity index (χ0n) is 31.0. The van der Waals surface area contributed by atoms with E-state index in [0.717, 1.165) is 12.8 Å². The zero-order valence-corrected chi connectivity index (χ0v) is 31.0. The molecular weight excluding hydrogens is 805 g/mol. The van der Waals surface area contributed by atoms with Crippen molar-refractivity contribution in [3.63, 3.8) is 0 Å². The van der Waals surface area contributed by atoms with Gasteiger partial charge in [0.25, 0.3) is 0 Å². The Bertz CT molecular complexity index is 2340. The van der Waals surface area contributed by atoms with Crippen LogP contribution >= 0.6 is 0 Å². The van der Waals surface area contributed by atoms with E-state index in [4.69, 9.17) is 21.1 Å². The number of aromatic nitrogens is 3. The third-order valence-electron chi connectivity index (χ3n) is 12.9. The topological polar surface area (TPSA) is 75.6 Å². The van der Waals surface area contributed by atoms with Crippen molar-refractivity contribution < 1.29 is 57.8 Å². The standard InChI is InChI=1S/C40H35F11N6O2/c1-2-23-25(41)9-7-20-5-3-6-24(29(20)23)32-31(42)33-30-27(53-32)11-12-28-26-10-8-21(52-26)17-56(28)34(30)55-35(54-33)58-19-36-14-4-16-57(36)22(13-15-36)18-59-37(38(43,44)45,39(46,47)48)40(49,50)51/h1,3,5-7,9,21-22,26,28,52H,4,8,10-19H2/t21-,22+,26+,28-,36+/m1/s1. The molecule has 4 fully saturated rings. The second-order valence-corrected chi connectivity index (χ2v) is 16.0. The van der Waals surface area contributed by atoms with Crippen molar-refractivity contribution >= 4 is 27.5 Å². The lowest BCUT2D eigenvalue weighted by Gasteiger charge is -2.41. The molecule has 1 N–H and O–H groups in total. The highest BCUT2D eigenvalue weighted by Crippen LogP contribution is 2.56. The smallest absolute Gasteiger partial charge is 0.435 e. The van der Waals surface area contributed by atoms with Gasteiger partial charge in [-0.05, 0) is 69.4 Å². The van der Waals surface area contributed by atoms with Gasteiger partial charge in [0.2, 0.25) is 0 Å². The number of nitrogens with zero attached hydrogens (tertiary/aromatic N) is 5. The summed E-state index contributed by atoms with van der Waals surface area (Å²) in [5.41, 5.74) is -6.99. The molecule has 9 rings (SSSR count). The first kappa shape index (κ1) is 39.9. The van der Waals surface area contributed by atoms with Crippen LogP contribution in [-0.4, -0.2) is 100.0 Å². The summed E-state index contributed by atoms with van der Waals surface area (Å²) in [6.07, 6.45) is -11.1. The Labute approximate surface area is 329 Å². The minimum atomic E-state index is -6.85. The maximum atomic E-state index is 17.2. The average molecular weight is 841 g/mol. The number of aryl methyl sites for hydroxylation is 1. The molecule has 19 heteroatoms. The van der Waals surface area contributed by atoms with Gasteiger partial charge in [-0.3, -0.25) is 4.90 Å². The van der Waals surface area contributed by atoms with E-state index in [-0.39, 0.29) is 77.9 Å². The Morgan fingerprint density at radius 1 is 0.881 bits per heavy atom. The molecule has 2 aromatic carbocycles. The van der Waals surface area contributed by atoms with Crippen molar-refractivity contribution in [3.05, 3.63) is 53.2 Å². The van der Waals surface area contributed by atoms with Crippen LogP contribution in [0, 0.1) is 24.0 Å². The van der Waals surface area contributed by atoms with Crippen molar-refractivity contribution in [2.45, 2.75) is 105 Å². The van der Waals surface area contributed by atoms with Gasteiger partial charge in [-0.25, -0.2) is 13.8 Å². The van der Waals surface area contributed by atoms with Crippen molar-refractivity contribution in [1.29, 1.82) is 0 Å². The molecule has 5 aliphatic heterocycles. The van der Waals surface area contributed by atoms with Gasteiger partial charge in [0, 0.05) is 41.7 Å². The lowest BCUT2D eigenvalue weighted by Crippen LogP contribution is -2.68. The molecule has 0 aliphatic carbocycles. The molecule has 5 aliphatic rings. The van der Waals surface area contributed by atoms with Crippen LogP contribution in [0.2, 0.25) is 0 Å². The van der Waals surface area contributed by atoms with Crippen LogP contribution in [0.5, 0.6) is 6.01 Å². The fourth-order valence-electron chi connectivity index (χ4n) is 10.2. The average Bonchev–Trinajstić information content (AvgIpc) is 3.83. The minimum Gasteiger partial charge on any atom is -0.461 e. The summed E-state index contributed by atoms with van der Waals surface area (Å²) in [6, 6.07) is 6.41. The summed E-state index contributed by atoms with van der Waals surface area (Å²) in [5.74, 6) is 1.23. The molecule has 59 heavy (non-hydrogen) atoms. The van der Waals surface area contributed by atoms with E-state index in [0.29, 0.717) is 54.5 Å². The van der Waals surface area contributed by atoms with E-state index in [1.165, 1.54) is 17.0 Å². The summed E-state index contributed by atoms with van der Waals surface area (Å²) >= 11 is 0. The highest BCUT2D eigenvalue weighted by atomic mass is 19.4. The van der Waals surface area contributed by atoms with Gasteiger partial charge in [0.1, 0.15) is 29.5 Å². The molecule has 314 valence electrons. The largest absolute Gasteiger partial charge is 0.461 e. The summed E-state index contributed by atoms with van der Waals surface area (Å²) in [7, 11) is 0. The Morgan fingerprint density at radius 2 is 1.64 bits per heavy atom. The number of rotatable bonds is 7. The fraction of sp³-hybridized carbons (Fsp3) is 0.525. The van der Waals surface area contributed by atoms with Crippen LogP contribution in [0.15, 0.2) is 30.3 Å². The third kappa shape index (κ3) is 6.09. The van der Waals surface area contributed by atoms with E-state index in [9.17, 15) is 39.5 Å². The maximum absolute atomic E-state index is 17.2. The molecule has 0 saturated carbocycles. The van der Waals surface area contributed by atoms with Crippen LogP contribution < -0.4 is 15.0 Å². The van der Waals surface area contributed by atoms with Crippen LogP contribution in [0.25, 0.3) is 32.9 Å². The van der Waals surface area contributed by atoms with Gasteiger partial charge in [0.15, 0.2) is 5.82 Å². The molecule has 0 radical (unpaired) electrons. The molecule has 5 atom stereocenters. The van der Waals surface area contributed by atoms with Crippen LogP contribution in [-0.2, 0) is 11.2 Å². The number of alkyl halides is 9. The third-order valence-corrected chi connectivity index (χ3v) is 12.9. The first-order chi connectivity index (χ1) is 27.9. The number of pyridine rings is 1. The molecule has 8 nitrogen and oxygen atoms in total. The van der Waals surface area contributed by atoms with Crippen molar-refractivity contribution in [1.82, 2.24) is 25.2 Å². The van der Waals surface area contributed by atoms with Crippen molar-refractivity contribution in [2.75, 3.05) is 31.2 Å². The van der Waals surface area contributed by atoms with Gasteiger partial charge in [0.05, 0.1) is 28.8 Å². The predicted molar refractivity (Wildman–Crippen MR) is 192 cm³/mol. The van der Waals surface area contributed by atoms with Gasteiger partial charge >= 0.3 is 30.1 Å². The quantitative estimate of drug-likeness (QED) is 0.148. The van der Waals surface area contributed by atoms with E-state index in [2.05, 4.69) is 25.9 Å². The molecule has 4 saturated heterocycles. The highest BCUT2D eigenvalue weighted by molar-refractivity contribution is 6.02. The molecule has 0 amide bonds. The number of halogens is 11. The van der Waals surface area contributed by atoms with Crippen molar-refractivity contribution in [3.8, 4) is 29.6 Å². The Balaban J connectivity index is 1.09. The first-order valence-corrected chi connectivity index (χ1v) is 19.2. The fourth-order valence-corrected chi connectivity index (χ4v) is 10.2. The number of piperazine rings is 1. The second-order valence-electron chi connectivity index (χ2n) is 16.0. The second kappa shape index (κ2) is 13.7. The SMILES string of the molecule is C#Cc1c(F)ccc2cccc(-c3nc4c5c(nc(OC[C@@]67CCCN6[C@H](COC(C(F)(F)F)(C(F)(F)F)C(F)(F)F)CC7)nc5c3F)N3C[C@H]5CC[C@H](N5)[C@H]3CC4)c12.